The first-order valence-corrected chi connectivity index (χ1v) is 9.91. The number of hydrogen-bond donors (Lipinski definition) is 2. The minimum Gasteiger partial charge on any atom is -0.397 e. The highest BCUT2D eigenvalue weighted by Crippen LogP contribution is 2.34. The highest BCUT2D eigenvalue weighted by atomic mass is 15.3. The second kappa shape index (κ2) is 8.05. The van der Waals surface area contributed by atoms with Crippen LogP contribution in [0.2, 0.25) is 0 Å². The van der Waals surface area contributed by atoms with Crippen LogP contribution >= 0.6 is 0 Å². The van der Waals surface area contributed by atoms with E-state index in [0.29, 0.717) is 6.54 Å². The molecule has 0 aromatic heterocycles. The van der Waals surface area contributed by atoms with Crippen LogP contribution in [0.25, 0.3) is 0 Å². The fourth-order valence-corrected chi connectivity index (χ4v) is 3.66. The van der Waals surface area contributed by atoms with Crippen LogP contribution in [0.15, 0.2) is 18.2 Å². The maximum atomic E-state index is 6.37. The second-order valence-corrected chi connectivity index (χ2v) is 9.35. The van der Waals surface area contributed by atoms with Crippen molar-refractivity contribution < 1.29 is 0 Å². The number of benzene rings is 1. The predicted octanol–water partition coefficient (Wildman–Crippen LogP) is 3.14. The first-order chi connectivity index (χ1) is 12.0. The van der Waals surface area contributed by atoms with Gasteiger partial charge in [-0.1, -0.05) is 0 Å². The Morgan fingerprint density at radius 3 is 2.12 bits per heavy atom. The summed E-state index contributed by atoms with van der Waals surface area (Å²) in [6.45, 7) is 19.5. The van der Waals surface area contributed by atoms with Crippen LogP contribution < -0.4 is 21.3 Å². The third-order valence-corrected chi connectivity index (χ3v) is 5.29. The van der Waals surface area contributed by atoms with E-state index in [9.17, 15) is 0 Å². The van der Waals surface area contributed by atoms with Crippen LogP contribution in [-0.2, 0) is 0 Å². The average molecular weight is 362 g/mol. The van der Waals surface area contributed by atoms with Crippen molar-refractivity contribution in [2.45, 2.75) is 59.0 Å². The van der Waals surface area contributed by atoms with E-state index in [-0.39, 0.29) is 11.1 Å². The molecule has 1 fully saturated rings. The first-order valence-electron chi connectivity index (χ1n) is 9.91. The topological polar surface area (TPSA) is 61.8 Å². The van der Waals surface area contributed by atoms with E-state index in [1.54, 1.807) is 0 Å². The maximum Gasteiger partial charge on any atom is 0.0625 e. The van der Waals surface area contributed by atoms with Crippen LogP contribution in [0.5, 0.6) is 0 Å². The second-order valence-electron chi connectivity index (χ2n) is 9.35. The van der Waals surface area contributed by atoms with E-state index in [2.05, 4.69) is 74.4 Å². The first kappa shape index (κ1) is 20.8. The van der Waals surface area contributed by atoms with Crippen molar-refractivity contribution in [1.82, 2.24) is 4.90 Å². The number of nitrogens with zero attached hydrogens (tertiary/aromatic N) is 3. The van der Waals surface area contributed by atoms with E-state index in [0.717, 1.165) is 50.5 Å². The van der Waals surface area contributed by atoms with Crippen molar-refractivity contribution in [3.05, 3.63) is 18.2 Å². The van der Waals surface area contributed by atoms with Crippen molar-refractivity contribution in [2.75, 3.05) is 54.8 Å². The summed E-state index contributed by atoms with van der Waals surface area (Å²) in [6.07, 6.45) is 0.963. The molecule has 0 spiro atoms. The van der Waals surface area contributed by atoms with E-state index < -0.39 is 0 Å². The number of nitrogens with two attached hydrogens (primary N) is 2. The minimum atomic E-state index is 0.00679. The van der Waals surface area contributed by atoms with Crippen molar-refractivity contribution in [1.29, 1.82) is 0 Å². The van der Waals surface area contributed by atoms with Crippen LogP contribution in [0.3, 0.4) is 0 Å². The Kier molecular flexibility index (Phi) is 6.46. The Morgan fingerprint density at radius 1 is 1.00 bits per heavy atom. The quantitative estimate of drug-likeness (QED) is 0.789. The number of nitrogen functional groups attached to an aromatic ring is 1. The summed E-state index contributed by atoms with van der Waals surface area (Å²) in [6, 6.07) is 6.49. The van der Waals surface area contributed by atoms with Gasteiger partial charge in [0.2, 0.25) is 0 Å². The third kappa shape index (κ3) is 5.04. The normalized spacial score (nSPS) is 16.8. The molecule has 0 amide bonds. The SMILES string of the molecule is CC(C)(C)N1CCN(c2ccc(N)c(N(CCCN)C(C)(C)C)c2)CC1. The van der Waals surface area contributed by atoms with Gasteiger partial charge in [-0.3, -0.25) is 4.90 Å². The molecule has 2 rings (SSSR count). The molecule has 148 valence electrons. The fourth-order valence-electron chi connectivity index (χ4n) is 3.66. The number of piperazine rings is 1. The zero-order chi connectivity index (χ0) is 19.5. The van der Waals surface area contributed by atoms with Gasteiger partial charge in [0.05, 0.1) is 11.4 Å². The van der Waals surface area contributed by atoms with Crippen LogP contribution in [0.1, 0.15) is 48.0 Å². The average Bonchev–Trinajstić information content (AvgIpc) is 2.55. The van der Waals surface area contributed by atoms with Crippen molar-refractivity contribution in [2.24, 2.45) is 5.73 Å². The monoisotopic (exact) mass is 361 g/mol. The summed E-state index contributed by atoms with van der Waals surface area (Å²) >= 11 is 0. The van der Waals surface area contributed by atoms with Crippen molar-refractivity contribution >= 4 is 17.1 Å². The van der Waals surface area contributed by atoms with Gasteiger partial charge in [0.25, 0.3) is 0 Å². The van der Waals surface area contributed by atoms with Gasteiger partial charge in [0.15, 0.2) is 0 Å². The molecule has 1 aliphatic rings. The summed E-state index contributed by atoms with van der Waals surface area (Å²) in [5, 5.41) is 0. The minimum absolute atomic E-state index is 0.00679. The lowest BCUT2D eigenvalue weighted by Crippen LogP contribution is -2.53. The van der Waals surface area contributed by atoms with Crippen molar-refractivity contribution in [3.63, 3.8) is 0 Å². The molecule has 1 saturated heterocycles. The Balaban J connectivity index is 2.21. The molecule has 1 aromatic rings. The molecule has 1 heterocycles. The van der Waals surface area contributed by atoms with Crippen LogP contribution in [0.4, 0.5) is 17.1 Å². The fraction of sp³-hybridized carbons (Fsp3) is 0.714. The van der Waals surface area contributed by atoms with E-state index in [4.69, 9.17) is 11.5 Å². The maximum absolute atomic E-state index is 6.37. The summed E-state index contributed by atoms with van der Waals surface area (Å²) in [7, 11) is 0. The highest BCUT2D eigenvalue weighted by Gasteiger charge is 2.27. The lowest BCUT2D eigenvalue weighted by molar-refractivity contribution is 0.128. The van der Waals surface area contributed by atoms with Crippen molar-refractivity contribution in [3.8, 4) is 0 Å². The Labute approximate surface area is 160 Å². The molecular weight excluding hydrogens is 322 g/mol. The smallest absolute Gasteiger partial charge is 0.0625 e. The van der Waals surface area contributed by atoms with Gasteiger partial charge in [-0.25, -0.2) is 0 Å². The standard InChI is InChI=1S/C21H39N5/c1-20(2,3)25-14-12-24(13-15-25)17-8-9-18(23)19(16-17)26(11-7-10-22)21(4,5)6/h8-9,16H,7,10-15,22-23H2,1-6H3. The summed E-state index contributed by atoms with van der Waals surface area (Å²) < 4.78 is 0. The van der Waals surface area contributed by atoms with Crippen LogP contribution in [-0.4, -0.2) is 55.2 Å². The molecule has 0 bridgehead atoms. The van der Waals surface area contributed by atoms with Gasteiger partial charge >= 0.3 is 0 Å². The Morgan fingerprint density at radius 2 is 1.62 bits per heavy atom. The summed E-state index contributed by atoms with van der Waals surface area (Å²) in [4.78, 5) is 7.43. The highest BCUT2D eigenvalue weighted by molar-refractivity contribution is 5.74. The largest absolute Gasteiger partial charge is 0.397 e. The Hall–Kier alpha value is -1.46. The molecule has 5 nitrogen and oxygen atoms in total. The van der Waals surface area contributed by atoms with E-state index in [1.165, 1.54) is 5.69 Å². The Bertz CT molecular complexity index is 577. The van der Waals surface area contributed by atoms with Gasteiger partial charge in [-0.15, -0.1) is 0 Å². The van der Waals surface area contributed by atoms with Gasteiger partial charge in [0.1, 0.15) is 0 Å². The molecule has 0 radical (unpaired) electrons. The lowest BCUT2D eigenvalue weighted by Gasteiger charge is -2.43. The molecular formula is C21H39N5. The van der Waals surface area contributed by atoms with Gasteiger partial charge in [-0.05, 0) is 72.7 Å². The zero-order valence-electron chi connectivity index (χ0n) is 17.7. The molecule has 0 unspecified atom stereocenters. The molecule has 5 heteroatoms. The molecule has 4 N–H and O–H groups in total. The summed E-state index contributed by atoms with van der Waals surface area (Å²) in [5.74, 6) is 0. The molecule has 26 heavy (non-hydrogen) atoms. The molecule has 0 saturated carbocycles. The molecule has 0 atom stereocenters. The third-order valence-electron chi connectivity index (χ3n) is 5.29. The van der Waals surface area contributed by atoms with Gasteiger partial charge in [-0.2, -0.15) is 0 Å². The van der Waals surface area contributed by atoms with Gasteiger partial charge < -0.3 is 21.3 Å². The van der Waals surface area contributed by atoms with Crippen LogP contribution in [0, 0.1) is 0 Å². The molecule has 1 aromatic carbocycles. The summed E-state index contributed by atoms with van der Waals surface area (Å²) in [5.41, 5.74) is 15.6. The predicted molar refractivity (Wildman–Crippen MR) is 115 cm³/mol. The van der Waals surface area contributed by atoms with E-state index >= 15 is 0 Å². The van der Waals surface area contributed by atoms with Gasteiger partial charge in [0, 0.05) is 49.5 Å². The molecule has 0 aliphatic carbocycles. The lowest BCUT2D eigenvalue weighted by atomic mass is 10.0. The number of rotatable bonds is 5. The zero-order valence-corrected chi connectivity index (χ0v) is 17.7. The molecule has 1 aliphatic heterocycles. The number of hydrogen-bond acceptors (Lipinski definition) is 5. The number of anilines is 3. The van der Waals surface area contributed by atoms with E-state index in [1.807, 2.05) is 0 Å².